The quantitative estimate of drug-likeness (QED) is 0.421. The van der Waals surface area contributed by atoms with Gasteiger partial charge in [0.15, 0.2) is 0 Å². The Labute approximate surface area is 182 Å². The molecule has 7 nitrogen and oxygen atoms in total. The Morgan fingerprint density at radius 2 is 2.03 bits per heavy atom. The van der Waals surface area contributed by atoms with Crippen LogP contribution in [0, 0.1) is 0 Å². The van der Waals surface area contributed by atoms with Crippen LogP contribution in [0.3, 0.4) is 0 Å². The van der Waals surface area contributed by atoms with Gasteiger partial charge in [-0.3, -0.25) is 0 Å². The monoisotopic (exact) mass is 467 g/mol. The molecule has 1 aliphatic heterocycles. The van der Waals surface area contributed by atoms with Crippen LogP contribution in [0.1, 0.15) is 31.1 Å². The Hall–Kier alpha value is -2.71. The van der Waals surface area contributed by atoms with Crippen molar-refractivity contribution in [2.75, 3.05) is 13.7 Å². The van der Waals surface area contributed by atoms with E-state index in [2.05, 4.69) is 37.4 Å². The van der Waals surface area contributed by atoms with E-state index < -0.39 is 0 Å². The maximum Gasteiger partial charge on any atom is 0.150 e. The summed E-state index contributed by atoms with van der Waals surface area (Å²) in [6, 6.07) is 12.1. The predicted molar refractivity (Wildman–Crippen MR) is 117 cm³/mol. The second kappa shape index (κ2) is 8.20. The van der Waals surface area contributed by atoms with Crippen molar-refractivity contribution in [3.8, 4) is 16.9 Å². The van der Waals surface area contributed by atoms with Gasteiger partial charge in [-0.15, -0.1) is 5.10 Å². The van der Waals surface area contributed by atoms with E-state index in [1.165, 1.54) is 6.42 Å². The zero-order valence-corrected chi connectivity index (χ0v) is 18.2. The highest BCUT2D eigenvalue weighted by molar-refractivity contribution is 9.10. The fourth-order valence-corrected chi connectivity index (χ4v) is 4.38. The van der Waals surface area contributed by atoms with Gasteiger partial charge in [-0.1, -0.05) is 23.4 Å². The van der Waals surface area contributed by atoms with Crippen LogP contribution in [-0.2, 0) is 11.3 Å². The van der Waals surface area contributed by atoms with Crippen molar-refractivity contribution in [1.82, 2.24) is 24.8 Å². The molecule has 1 aliphatic rings. The van der Waals surface area contributed by atoms with Gasteiger partial charge in [-0.2, -0.15) is 5.10 Å². The number of aromatic nitrogens is 5. The minimum Gasteiger partial charge on any atom is -0.497 e. The maximum absolute atomic E-state index is 5.86. The number of halogens is 1. The largest absolute Gasteiger partial charge is 0.497 e. The van der Waals surface area contributed by atoms with Gasteiger partial charge in [0.1, 0.15) is 23.0 Å². The zero-order chi connectivity index (χ0) is 20.5. The Morgan fingerprint density at radius 1 is 1.17 bits per heavy atom. The smallest absolute Gasteiger partial charge is 0.150 e. The molecule has 1 atom stereocenters. The molecule has 5 rings (SSSR count). The van der Waals surface area contributed by atoms with E-state index in [0.29, 0.717) is 6.54 Å². The summed E-state index contributed by atoms with van der Waals surface area (Å²) in [4.78, 5) is 0. The standard InChI is InChI=1S/C22H22BrN5O2/c1-29-17-7-5-15(6-8-17)13-28-22-19(23)10-9-18(21(22)25-26-28)16-12-24-27(14-16)20-4-2-3-11-30-20/h5-10,12,14,20H,2-4,11,13H2,1H3. The number of methoxy groups -OCH3 is 1. The van der Waals surface area contributed by atoms with Crippen molar-refractivity contribution < 1.29 is 9.47 Å². The average molecular weight is 468 g/mol. The van der Waals surface area contributed by atoms with Gasteiger partial charge in [-0.25, -0.2) is 9.36 Å². The van der Waals surface area contributed by atoms with E-state index in [-0.39, 0.29) is 6.23 Å². The molecule has 0 spiro atoms. The van der Waals surface area contributed by atoms with E-state index in [9.17, 15) is 0 Å². The molecule has 0 bridgehead atoms. The Balaban J connectivity index is 1.48. The van der Waals surface area contributed by atoms with Crippen molar-refractivity contribution in [1.29, 1.82) is 0 Å². The molecule has 0 saturated carbocycles. The summed E-state index contributed by atoms with van der Waals surface area (Å²) in [6.45, 7) is 1.42. The second-order valence-corrected chi connectivity index (χ2v) is 8.27. The molecule has 0 N–H and O–H groups in total. The lowest BCUT2D eigenvalue weighted by molar-refractivity contribution is -0.0394. The lowest BCUT2D eigenvalue weighted by atomic mass is 10.1. The van der Waals surface area contributed by atoms with Gasteiger partial charge in [0.2, 0.25) is 0 Å². The molecule has 8 heteroatoms. The molecule has 3 heterocycles. The molecule has 1 fully saturated rings. The maximum atomic E-state index is 5.86. The molecule has 1 unspecified atom stereocenters. The number of benzene rings is 2. The zero-order valence-electron chi connectivity index (χ0n) is 16.7. The third kappa shape index (κ3) is 3.61. The topological polar surface area (TPSA) is 67.0 Å². The summed E-state index contributed by atoms with van der Waals surface area (Å²) in [5, 5.41) is 13.5. The fraction of sp³-hybridized carbons (Fsp3) is 0.318. The summed E-state index contributed by atoms with van der Waals surface area (Å²) < 4.78 is 15.9. The number of fused-ring (bicyclic) bond motifs is 1. The summed E-state index contributed by atoms with van der Waals surface area (Å²) in [6.07, 6.45) is 7.22. The molecule has 2 aromatic heterocycles. The first-order valence-electron chi connectivity index (χ1n) is 10.0. The van der Waals surface area contributed by atoms with Gasteiger partial charge >= 0.3 is 0 Å². The lowest BCUT2D eigenvalue weighted by Crippen LogP contribution is -2.18. The van der Waals surface area contributed by atoms with Crippen molar-refractivity contribution in [3.05, 3.63) is 58.8 Å². The molecule has 0 aliphatic carbocycles. The van der Waals surface area contributed by atoms with Crippen molar-refractivity contribution >= 4 is 27.0 Å². The van der Waals surface area contributed by atoms with E-state index in [1.54, 1.807) is 7.11 Å². The minimum atomic E-state index is 0.0178. The first-order chi connectivity index (χ1) is 14.7. The van der Waals surface area contributed by atoms with Crippen LogP contribution in [-0.4, -0.2) is 38.5 Å². The fourth-order valence-electron chi connectivity index (χ4n) is 3.86. The highest BCUT2D eigenvalue weighted by Gasteiger charge is 2.19. The van der Waals surface area contributed by atoms with Crippen LogP contribution >= 0.6 is 15.9 Å². The molecular formula is C22H22BrN5O2. The van der Waals surface area contributed by atoms with Gasteiger partial charge in [0, 0.05) is 28.4 Å². The van der Waals surface area contributed by atoms with Gasteiger partial charge in [-0.05, 0) is 59.0 Å². The highest BCUT2D eigenvalue weighted by Crippen LogP contribution is 2.33. The molecular weight excluding hydrogens is 446 g/mol. The molecule has 30 heavy (non-hydrogen) atoms. The number of hydrogen-bond donors (Lipinski definition) is 0. The van der Waals surface area contributed by atoms with Crippen LogP contribution < -0.4 is 4.74 Å². The molecule has 1 saturated heterocycles. The van der Waals surface area contributed by atoms with E-state index in [0.717, 1.165) is 57.4 Å². The normalized spacial score (nSPS) is 16.8. The van der Waals surface area contributed by atoms with Crippen LogP contribution in [0.5, 0.6) is 5.75 Å². The summed E-state index contributed by atoms with van der Waals surface area (Å²) in [5.41, 5.74) is 4.96. The SMILES string of the molecule is COc1ccc(Cn2nnc3c(-c4cnn(C5CCCCO5)c4)ccc(Br)c32)cc1. The third-order valence-electron chi connectivity index (χ3n) is 5.47. The van der Waals surface area contributed by atoms with E-state index in [4.69, 9.17) is 9.47 Å². The van der Waals surface area contributed by atoms with Crippen LogP contribution in [0.25, 0.3) is 22.2 Å². The average Bonchev–Trinajstić information content (AvgIpc) is 3.44. The first-order valence-corrected chi connectivity index (χ1v) is 10.8. The van der Waals surface area contributed by atoms with Crippen LogP contribution in [0.15, 0.2) is 53.3 Å². The minimum absolute atomic E-state index is 0.0178. The lowest BCUT2D eigenvalue weighted by Gasteiger charge is -2.22. The first kappa shape index (κ1) is 19.3. The Morgan fingerprint density at radius 3 is 2.80 bits per heavy atom. The van der Waals surface area contributed by atoms with Gasteiger partial charge in [0.05, 0.1) is 19.9 Å². The van der Waals surface area contributed by atoms with Crippen LogP contribution in [0.4, 0.5) is 0 Å². The number of rotatable bonds is 5. The van der Waals surface area contributed by atoms with E-state index in [1.807, 2.05) is 52.1 Å². The predicted octanol–water partition coefficient (Wildman–Crippen LogP) is 4.81. The van der Waals surface area contributed by atoms with Crippen LogP contribution in [0.2, 0.25) is 0 Å². The molecule has 4 aromatic rings. The van der Waals surface area contributed by atoms with Gasteiger partial charge < -0.3 is 9.47 Å². The molecule has 2 aromatic carbocycles. The van der Waals surface area contributed by atoms with Crippen molar-refractivity contribution in [2.45, 2.75) is 32.0 Å². The molecule has 0 amide bonds. The van der Waals surface area contributed by atoms with Gasteiger partial charge in [0.25, 0.3) is 0 Å². The number of ether oxygens (including phenoxy) is 2. The number of nitrogens with zero attached hydrogens (tertiary/aromatic N) is 5. The molecule has 0 radical (unpaired) electrons. The number of hydrogen-bond acceptors (Lipinski definition) is 5. The Bertz CT molecular complexity index is 1160. The molecule has 154 valence electrons. The Kier molecular flexibility index (Phi) is 5.26. The summed E-state index contributed by atoms with van der Waals surface area (Å²) in [5.74, 6) is 0.838. The second-order valence-electron chi connectivity index (χ2n) is 7.42. The third-order valence-corrected chi connectivity index (χ3v) is 6.11. The van der Waals surface area contributed by atoms with Crippen molar-refractivity contribution in [3.63, 3.8) is 0 Å². The highest BCUT2D eigenvalue weighted by atomic mass is 79.9. The van der Waals surface area contributed by atoms with Crippen molar-refractivity contribution in [2.24, 2.45) is 0 Å². The summed E-state index contributed by atoms with van der Waals surface area (Å²) >= 11 is 3.68. The van der Waals surface area contributed by atoms with E-state index >= 15 is 0 Å². The summed E-state index contributed by atoms with van der Waals surface area (Å²) in [7, 11) is 1.67.